The van der Waals surface area contributed by atoms with Crippen molar-refractivity contribution in [2.24, 2.45) is 0 Å². The number of rotatable bonds is 5. The van der Waals surface area contributed by atoms with Gasteiger partial charge < -0.3 is 5.32 Å². The summed E-state index contributed by atoms with van der Waals surface area (Å²) in [4.78, 5) is 14.6. The van der Waals surface area contributed by atoms with E-state index in [0.29, 0.717) is 6.54 Å². The van der Waals surface area contributed by atoms with Crippen LogP contribution >= 0.6 is 0 Å². The molecule has 1 saturated carbocycles. The van der Waals surface area contributed by atoms with Gasteiger partial charge in [0.1, 0.15) is 0 Å². The molecule has 1 aliphatic rings. The Balaban J connectivity index is 1.61. The van der Waals surface area contributed by atoms with Gasteiger partial charge in [-0.3, -0.25) is 9.69 Å². The number of hydrogen-bond acceptors (Lipinski definition) is 2. The summed E-state index contributed by atoms with van der Waals surface area (Å²) in [5, 5.41) is 3.00. The van der Waals surface area contributed by atoms with E-state index in [-0.39, 0.29) is 11.4 Å². The van der Waals surface area contributed by atoms with E-state index in [1.165, 1.54) is 11.1 Å². The first-order chi connectivity index (χ1) is 12.6. The SMILES string of the molecule is CN(C)C1(c2ccccc2)CCC(=CC(=O)NCc2ccccc2)CC1. The van der Waals surface area contributed by atoms with Crippen LogP contribution in [-0.2, 0) is 16.9 Å². The Morgan fingerprint density at radius 1 is 1.00 bits per heavy atom. The Kier molecular flexibility index (Phi) is 5.89. The highest BCUT2D eigenvalue weighted by atomic mass is 16.1. The van der Waals surface area contributed by atoms with E-state index in [9.17, 15) is 4.79 Å². The third kappa shape index (κ3) is 4.23. The molecule has 1 N–H and O–H groups in total. The Morgan fingerprint density at radius 3 is 2.15 bits per heavy atom. The third-order valence-corrected chi connectivity index (χ3v) is 5.53. The van der Waals surface area contributed by atoms with Crippen LogP contribution in [0.4, 0.5) is 0 Å². The minimum atomic E-state index is 0.0147. The quantitative estimate of drug-likeness (QED) is 0.819. The van der Waals surface area contributed by atoms with Crippen LogP contribution in [0.25, 0.3) is 0 Å². The van der Waals surface area contributed by atoms with Gasteiger partial charge in [0.2, 0.25) is 5.91 Å². The first-order valence-corrected chi connectivity index (χ1v) is 9.34. The van der Waals surface area contributed by atoms with Crippen molar-refractivity contribution in [3.63, 3.8) is 0 Å². The Morgan fingerprint density at radius 2 is 1.58 bits per heavy atom. The molecular weight excluding hydrogens is 320 g/mol. The first kappa shape index (κ1) is 18.4. The zero-order valence-corrected chi connectivity index (χ0v) is 15.7. The van der Waals surface area contributed by atoms with Crippen molar-refractivity contribution in [2.75, 3.05) is 14.1 Å². The second-order valence-electron chi connectivity index (χ2n) is 7.30. The number of amides is 1. The molecule has 3 heteroatoms. The molecule has 0 radical (unpaired) electrons. The van der Waals surface area contributed by atoms with Crippen LogP contribution in [0.3, 0.4) is 0 Å². The van der Waals surface area contributed by atoms with E-state index >= 15 is 0 Å². The van der Waals surface area contributed by atoms with Gasteiger partial charge in [0.25, 0.3) is 0 Å². The average Bonchev–Trinajstić information content (AvgIpc) is 2.68. The zero-order valence-electron chi connectivity index (χ0n) is 15.7. The molecule has 26 heavy (non-hydrogen) atoms. The van der Waals surface area contributed by atoms with E-state index in [1.54, 1.807) is 0 Å². The lowest BCUT2D eigenvalue weighted by molar-refractivity contribution is -0.116. The van der Waals surface area contributed by atoms with Gasteiger partial charge >= 0.3 is 0 Å². The summed E-state index contributed by atoms with van der Waals surface area (Å²) in [6.07, 6.45) is 5.83. The second-order valence-corrected chi connectivity index (χ2v) is 7.30. The van der Waals surface area contributed by atoms with Crippen LogP contribution in [0, 0.1) is 0 Å². The first-order valence-electron chi connectivity index (χ1n) is 9.34. The predicted octanol–water partition coefficient (Wildman–Crippen LogP) is 4.26. The highest BCUT2D eigenvalue weighted by molar-refractivity contribution is 5.88. The van der Waals surface area contributed by atoms with Gasteiger partial charge in [-0.05, 0) is 50.9 Å². The van der Waals surface area contributed by atoms with E-state index < -0.39 is 0 Å². The van der Waals surface area contributed by atoms with Crippen molar-refractivity contribution >= 4 is 5.91 Å². The average molecular weight is 348 g/mol. The lowest BCUT2D eigenvalue weighted by Gasteiger charge is -2.44. The van der Waals surface area contributed by atoms with E-state index in [2.05, 4.69) is 54.6 Å². The minimum Gasteiger partial charge on any atom is -0.348 e. The fraction of sp³-hybridized carbons (Fsp3) is 0.348. The Bertz CT molecular complexity index is 740. The van der Waals surface area contributed by atoms with E-state index in [0.717, 1.165) is 31.2 Å². The maximum atomic E-state index is 12.3. The molecule has 3 nitrogen and oxygen atoms in total. The van der Waals surface area contributed by atoms with Crippen molar-refractivity contribution in [3.8, 4) is 0 Å². The molecular formula is C23H28N2O. The highest BCUT2D eigenvalue weighted by Crippen LogP contribution is 2.42. The molecule has 136 valence electrons. The lowest BCUT2D eigenvalue weighted by Crippen LogP contribution is -2.43. The Hall–Kier alpha value is -2.39. The van der Waals surface area contributed by atoms with Crippen molar-refractivity contribution < 1.29 is 4.79 Å². The monoisotopic (exact) mass is 348 g/mol. The molecule has 2 aromatic carbocycles. The van der Waals surface area contributed by atoms with Gasteiger partial charge in [-0.25, -0.2) is 0 Å². The number of hydrogen-bond donors (Lipinski definition) is 1. The van der Waals surface area contributed by atoms with Crippen molar-refractivity contribution in [1.82, 2.24) is 10.2 Å². The lowest BCUT2D eigenvalue weighted by atomic mass is 9.74. The van der Waals surface area contributed by atoms with Gasteiger partial charge in [0.15, 0.2) is 0 Å². The fourth-order valence-corrected chi connectivity index (χ4v) is 3.89. The summed E-state index contributed by atoms with van der Waals surface area (Å²) < 4.78 is 0. The van der Waals surface area contributed by atoms with Gasteiger partial charge in [-0.2, -0.15) is 0 Å². The minimum absolute atomic E-state index is 0.0147. The maximum Gasteiger partial charge on any atom is 0.244 e. The summed E-state index contributed by atoms with van der Waals surface area (Å²) in [5.74, 6) is 0.0147. The Labute approximate surface area is 156 Å². The molecule has 0 unspecified atom stereocenters. The molecule has 0 atom stereocenters. The molecule has 1 fully saturated rings. The van der Waals surface area contributed by atoms with Gasteiger partial charge in [0.05, 0.1) is 0 Å². The van der Waals surface area contributed by atoms with E-state index in [4.69, 9.17) is 0 Å². The zero-order chi connectivity index (χ0) is 18.4. The number of carbonyl (C=O) groups excluding carboxylic acids is 1. The molecule has 3 rings (SSSR count). The van der Waals surface area contributed by atoms with Crippen LogP contribution in [0.1, 0.15) is 36.8 Å². The molecule has 1 amide bonds. The van der Waals surface area contributed by atoms with Crippen molar-refractivity contribution in [2.45, 2.75) is 37.8 Å². The summed E-state index contributed by atoms with van der Waals surface area (Å²) in [5.41, 5.74) is 3.82. The summed E-state index contributed by atoms with van der Waals surface area (Å²) in [7, 11) is 4.32. The topological polar surface area (TPSA) is 32.3 Å². The molecule has 0 spiro atoms. The number of nitrogens with one attached hydrogen (secondary N) is 1. The molecule has 0 bridgehead atoms. The summed E-state index contributed by atoms with van der Waals surface area (Å²) in [6.45, 7) is 0.578. The standard InChI is InChI=1S/C23H28N2O/c1-25(2)23(21-11-7-4-8-12-21)15-13-19(14-16-23)17-22(26)24-18-20-9-5-3-6-10-20/h3-12,17H,13-16,18H2,1-2H3,(H,24,26). The van der Waals surface area contributed by atoms with Crippen LogP contribution in [0.2, 0.25) is 0 Å². The molecule has 0 heterocycles. The van der Waals surface area contributed by atoms with Crippen molar-refractivity contribution in [1.29, 1.82) is 0 Å². The normalized spacial score (nSPS) is 20.0. The number of nitrogens with zero attached hydrogens (tertiary/aromatic N) is 1. The van der Waals surface area contributed by atoms with Gasteiger partial charge in [-0.15, -0.1) is 0 Å². The summed E-state index contributed by atoms with van der Waals surface area (Å²) in [6, 6.07) is 20.8. The van der Waals surface area contributed by atoms with Crippen LogP contribution in [0.15, 0.2) is 72.3 Å². The fourth-order valence-electron chi connectivity index (χ4n) is 3.89. The highest BCUT2D eigenvalue weighted by Gasteiger charge is 2.37. The van der Waals surface area contributed by atoms with Gasteiger partial charge in [-0.1, -0.05) is 66.2 Å². The maximum absolute atomic E-state index is 12.3. The van der Waals surface area contributed by atoms with Crippen molar-refractivity contribution in [3.05, 3.63) is 83.4 Å². The number of benzene rings is 2. The molecule has 1 aliphatic carbocycles. The molecule has 0 saturated heterocycles. The second kappa shape index (κ2) is 8.33. The summed E-state index contributed by atoms with van der Waals surface area (Å²) >= 11 is 0. The van der Waals surface area contributed by atoms with Crippen LogP contribution in [-0.4, -0.2) is 24.9 Å². The van der Waals surface area contributed by atoms with Crippen LogP contribution in [0.5, 0.6) is 0 Å². The largest absolute Gasteiger partial charge is 0.348 e. The smallest absolute Gasteiger partial charge is 0.244 e. The predicted molar refractivity (Wildman–Crippen MR) is 107 cm³/mol. The number of allylic oxidation sites excluding steroid dienone is 1. The number of carbonyl (C=O) groups is 1. The van der Waals surface area contributed by atoms with Gasteiger partial charge in [0, 0.05) is 18.2 Å². The van der Waals surface area contributed by atoms with E-state index in [1.807, 2.05) is 36.4 Å². The molecule has 2 aromatic rings. The molecule has 0 aliphatic heterocycles. The molecule has 0 aromatic heterocycles. The van der Waals surface area contributed by atoms with Crippen LogP contribution < -0.4 is 5.32 Å². The third-order valence-electron chi connectivity index (χ3n) is 5.53.